The average molecular weight is 153 g/mol. The Morgan fingerprint density at radius 2 is 1.73 bits per heavy atom. The van der Waals surface area contributed by atoms with E-state index in [2.05, 4.69) is 4.99 Å². The molecule has 64 valence electrons. The second-order valence-electron chi connectivity index (χ2n) is 1.79. The summed E-state index contributed by atoms with van der Waals surface area (Å²) in [6.07, 6.45) is 7.53. The van der Waals surface area contributed by atoms with Crippen LogP contribution in [0.2, 0.25) is 0 Å². The molecule has 0 N–H and O–H groups in total. The van der Waals surface area contributed by atoms with Gasteiger partial charge in [0, 0.05) is 12.4 Å². The first-order chi connectivity index (χ1) is 5.31. The number of allylic oxidation sites excluding steroid dienone is 3. The molecule has 0 aliphatic carbocycles. The third kappa shape index (κ3) is 12.4. The van der Waals surface area contributed by atoms with Gasteiger partial charge in [0.15, 0.2) is 0 Å². The van der Waals surface area contributed by atoms with E-state index in [-0.39, 0.29) is 0 Å². The minimum atomic E-state index is 1.19. The first-order valence-corrected chi connectivity index (χ1v) is 4.08. The second-order valence-corrected chi connectivity index (χ2v) is 1.79. The number of rotatable bonds is 2. The Hall–Kier alpha value is -0.850. The molecule has 0 amide bonds. The first-order valence-electron chi connectivity index (χ1n) is 4.08. The predicted molar refractivity (Wildman–Crippen MR) is 54.1 cm³/mol. The third-order valence-corrected chi connectivity index (χ3v) is 0.969. The van der Waals surface area contributed by atoms with Crippen LogP contribution in [0, 0.1) is 0 Å². The van der Waals surface area contributed by atoms with Crippen molar-refractivity contribution in [3.8, 4) is 0 Å². The van der Waals surface area contributed by atoms with Crippen LogP contribution in [0.1, 0.15) is 34.6 Å². The fourth-order valence-electron chi connectivity index (χ4n) is 0.321. The maximum Gasteiger partial charge on any atom is 0.0293 e. The van der Waals surface area contributed by atoms with E-state index >= 15 is 0 Å². The Kier molecular flexibility index (Phi) is 13.8. The highest BCUT2D eigenvalue weighted by atomic mass is 14.7. The number of nitrogens with zero attached hydrogens (tertiary/aromatic N) is 1. The average Bonchev–Trinajstić information content (AvgIpc) is 2.08. The lowest BCUT2D eigenvalue weighted by Crippen LogP contribution is -1.72. The van der Waals surface area contributed by atoms with Crippen molar-refractivity contribution in [2.75, 3.05) is 0 Å². The lowest BCUT2D eigenvalue weighted by atomic mass is 10.3. The highest BCUT2D eigenvalue weighted by Crippen LogP contribution is 1.85. The largest absolute Gasteiger partial charge is 0.265 e. The summed E-state index contributed by atoms with van der Waals surface area (Å²) in [6, 6.07) is 0. The predicted octanol–water partition coefficient (Wildman–Crippen LogP) is 3.58. The summed E-state index contributed by atoms with van der Waals surface area (Å²) < 4.78 is 0. The van der Waals surface area contributed by atoms with Gasteiger partial charge in [0.2, 0.25) is 0 Å². The van der Waals surface area contributed by atoms with Crippen LogP contribution in [0.3, 0.4) is 0 Å². The zero-order valence-corrected chi connectivity index (χ0v) is 8.26. The van der Waals surface area contributed by atoms with Crippen LogP contribution in [0.25, 0.3) is 0 Å². The number of hydrogen-bond acceptors (Lipinski definition) is 1. The van der Waals surface area contributed by atoms with Gasteiger partial charge >= 0.3 is 0 Å². The van der Waals surface area contributed by atoms with Crippen LogP contribution in [0.4, 0.5) is 0 Å². The van der Waals surface area contributed by atoms with E-state index in [1.54, 1.807) is 6.20 Å². The molecule has 11 heavy (non-hydrogen) atoms. The van der Waals surface area contributed by atoms with Crippen LogP contribution in [-0.2, 0) is 0 Å². The van der Waals surface area contributed by atoms with Gasteiger partial charge in [-0.05, 0) is 26.3 Å². The summed E-state index contributed by atoms with van der Waals surface area (Å²) in [5.74, 6) is 0. The monoisotopic (exact) mass is 153 g/mol. The summed E-state index contributed by atoms with van der Waals surface area (Å²) in [4.78, 5) is 3.99. The maximum atomic E-state index is 3.99. The topological polar surface area (TPSA) is 12.4 Å². The zero-order valence-electron chi connectivity index (χ0n) is 8.26. The van der Waals surface area contributed by atoms with Crippen molar-refractivity contribution in [1.82, 2.24) is 0 Å². The molecule has 1 nitrogen and oxygen atoms in total. The van der Waals surface area contributed by atoms with E-state index in [0.717, 1.165) is 0 Å². The molecule has 0 bridgehead atoms. The molecule has 0 saturated heterocycles. The van der Waals surface area contributed by atoms with Crippen LogP contribution < -0.4 is 0 Å². The normalized spacial score (nSPS) is 11.9. The van der Waals surface area contributed by atoms with Crippen molar-refractivity contribution in [2.24, 2.45) is 4.99 Å². The molecule has 0 aromatic heterocycles. The van der Waals surface area contributed by atoms with Crippen LogP contribution >= 0.6 is 0 Å². The van der Waals surface area contributed by atoms with Crippen molar-refractivity contribution in [2.45, 2.75) is 34.6 Å². The van der Waals surface area contributed by atoms with Crippen LogP contribution in [-0.4, -0.2) is 6.21 Å². The molecular weight excluding hydrogens is 134 g/mol. The SMILES string of the molecule is CC.C\C=C/N=C\C(C)=C/C. The van der Waals surface area contributed by atoms with Gasteiger partial charge in [0.1, 0.15) is 0 Å². The van der Waals surface area contributed by atoms with E-state index in [1.165, 1.54) is 5.57 Å². The van der Waals surface area contributed by atoms with Crippen molar-refractivity contribution in [1.29, 1.82) is 0 Å². The minimum absolute atomic E-state index is 1.19. The van der Waals surface area contributed by atoms with Crippen molar-refractivity contribution >= 4 is 6.21 Å². The highest BCUT2D eigenvalue weighted by molar-refractivity contribution is 5.77. The molecule has 0 saturated carbocycles. The first kappa shape index (κ1) is 12.8. The smallest absolute Gasteiger partial charge is 0.0293 e. The van der Waals surface area contributed by atoms with Gasteiger partial charge < -0.3 is 0 Å². The van der Waals surface area contributed by atoms with Crippen LogP contribution in [0.15, 0.2) is 28.9 Å². The lowest BCUT2D eigenvalue weighted by Gasteiger charge is -1.82. The van der Waals surface area contributed by atoms with E-state index < -0.39 is 0 Å². The molecule has 0 spiro atoms. The molecular formula is C10H19N. The molecule has 0 fully saturated rings. The van der Waals surface area contributed by atoms with Gasteiger partial charge in [-0.3, -0.25) is 4.99 Å². The zero-order chi connectivity index (χ0) is 9.11. The van der Waals surface area contributed by atoms with Gasteiger partial charge in [-0.1, -0.05) is 26.0 Å². The molecule has 0 aliphatic heterocycles. The molecule has 1 heteroatoms. The standard InChI is InChI=1S/C8H13N.C2H6/c1-4-6-9-7-8(3)5-2;1-2/h4-7H,1-3H3;1-2H3/b6-4-,8-5-,9-7-;. The van der Waals surface area contributed by atoms with Crippen molar-refractivity contribution in [3.05, 3.63) is 23.9 Å². The van der Waals surface area contributed by atoms with E-state index in [1.807, 2.05) is 53.0 Å². The molecule has 0 aliphatic rings. The molecule has 0 atom stereocenters. The van der Waals surface area contributed by atoms with Gasteiger partial charge in [0.05, 0.1) is 0 Å². The maximum absolute atomic E-state index is 3.99. The lowest BCUT2D eigenvalue weighted by molar-refractivity contribution is 1.49. The molecule has 0 aromatic rings. The van der Waals surface area contributed by atoms with Crippen LogP contribution in [0.5, 0.6) is 0 Å². The summed E-state index contributed by atoms with van der Waals surface area (Å²) >= 11 is 0. The third-order valence-electron chi connectivity index (χ3n) is 0.969. The summed E-state index contributed by atoms with van der Waals surface area (Å²) in [7, 11) is 0. The molecule has 0 radical (unpaired) electrons. The van der Waals surface area contributed by atoms with Gasteiger partial charge in [-0.25, -0.2) is 0 Å². The Morgan fingerprint density at radius 3 is 2.09 bits per heavy atom. The van der Waals surface area contributed by atoms with Gasteiger partial charge in [-0.15, -0.1) is 0 Å². The van der Waals surface area contributed by atoms with Gasteiger partial charge in [0.25, 0.3) is 0 Å². The molecule has 0 aromatic carbocycles. The van der Waals surface area contributed by atoms with Crippen molar-refractivity contribution < 1.29 is 0 Å². The van der Waals surface area contributed by atoms with E-state index in [9.17, 15) is 0 Å². The summed E-state index contributed by atoms with van der Waals surface area (Å²) in [5, 5.41) is 0. The Balaban J connectivity index is 0. The van der Waals surface area contributed by atoms with E-state index in [0.29, 0.717) is 0 Å². The second kappa shape index (κ2) is 11.9. The fraction of sp³-hybridized carbons (Fsp3) is 0.500. The molecule has 0 rings (SSSR count). The molecule has 0 heterocycles. The quantitative estimate of drug-likeness (QED) is 0.538. The Bertz CT molecular complexity index is 141. The highest BCUT2D eigenvalue weighted by Gasteiger charge is 1.72. The summed E-state index contributed by atoms with van der Waals surface area (Å²) in [5.41, 5.74) is 1.19. The van der Waals surface area contributed by atoms with Gasteiger partial charge in [-0.2, -0.15) is 0 Å². The summed E-state index contributed by atoms with van der Waals surface area (Å²) in [6.45, 7) is 9.96. The Labute approximate surface area is 70.5 Å². The number of hydrogen-bond donors (Lipinski definition) is 0. The van der Waals surface area contributed by atoms with Crippen molar-refractivity contribution in [3.63, 3.8) is 0 Å². The fourth-order valence-corrected chi connectivity index (χ4v) is 0.321. The molecule has 0 unspecified atom stereocenters. The van der Waals surface area contributed by atoms with E-state index in [4.69, 9.17) is 0 Å². The number of aliphatic imine (C=N–C) groups is 1. The minimum Gasteiger partial charge on any atom is -0.265 e. The Morgan fingerprint density at radius 1 is 1.18 bits per heavy atom.